The highest BCUT2D eigenvalue weighted by molar-refractivity contribution is 5.96. The minimum Gasteiger partial charge on any atom is -0.397 e. The lowest BCUT2D eigenvalue weighted by atomic mass is 10.1. The van der Waals surface area contributed by atoms with Crippen LogP contribution in [0.4, 0.5) is 11.4 Å². The number of nitrogens with two attached hydrogens (primary N) is 1. The molecule has 0 aliphatic carbocycles. The van der Waals surface area contributed by atoms with E-state index >= 15 is 0 Å². The van der Waals surface area contributed by atoms with E-state index in [9.17, 15) is 4.79 Å². The SMILES string of the molecule is CNC(=O)c1ccc(N)c(NCc2ccn(C)n2)c1. The van der Waals surface area contributed by atoms with Gasteiger partial charge in [-0.2, -0.15) is 5.10 Å². The van der Waals surface area contributed by atoms with Crippen LogP contribution in [-0.2, 0) is 13.6 Å². The Balaban J connectivity index is 2.12. The van der Waals surface area contributed by atoms with Crippen LogP contribution in [0.3, 0.4) is 0 Å². The lowest BCUT2D eigenvalue weighted by molar-refractivity contribution is 0.0963. The van der Waals surface area contributed by atoms with E-state index in [1.165, 1.54) is 0 Å². The van der Waals surface area contributed by atoms with Crippen molar-refractivity contribution in [1.29, 1.82) is 0 Å². The third-order valence-corrected chi connectivity index (χ3v) is 2.77. The molecule has 4 N–H and O–H groups in total. The van der Waals surface area contributed by atoms with Crippen molar-refractivity contribution in [2.45, 2.75) is 6.54 Å². The molecule has 2 rings (SSSR count). The Bertz CT molecular complexity index is 590. The average molecular weight is 259 g/mol. The van der Waals surface area contributed by atoms with E-state index in [-0.39, 0.29) is 5.91 Å². The van der Waals surface area contributed by atoms with Crippen LogP contribution in [0.5, 0.6) is 0 Å². The molecule has 0 atom stereocenters. The molecular weight excluding hydrogens is 242 g/mol. The normalized spacial score (nSPS) is 10.2. The minimum atomic E-state index is -0.138. The van der Waals surface area contributed by atoms with Crippen LogP contribution >= 0.6 is 0 Å². The van der Waals surface area contributed by atoms with Crippen molar-refractivity contribution < 1.29 is 4.79 Å². The van der Waals surface area contributed by atoms with Crippen molar-refractivity contribution >= 4 is 17.3 Å². The van der Waals surface area contributed by atoms with Crippen molar-refractivity contribution in [3.8, 4) is 0 Å². The highest BCUT2D eigenvalue weighted by Gasteiger charge is 2.07. The van der Waals surface area contributed by atoms with E-state index in [1.807, 2.05) is 19.3 Å². The fourth-order valence-corrected chi connectivity index (χ4v) is 1.74. The third kappa shape index (κ3) is 3.04. The summed E-state index contributed by atoms with van der Waals surface area (Å²) in [7, 11) is 3.46. The number of nitrogens with zero attached hydrogens (tertiary/aromatic N) is 2. The topological polar surface area (TPSA) is 85.0 Å². The summed E-state index contributed by atoms with van der Waals surface area (Å²) < 4.78 is 1.74. The first-order chi connectivity index (χ1) is 9.10. The van der Waals surface area contributed by atoms with Crippen LogP contribution in [0.25, 0.3) is 0 Å². The molecule has 0 saturated heterocycles. The Morgan fingerprint density at radius 3 is 2.84 bits per heavy atom. The monoisotopic (exact) mass is 259 g/mol. The first kappa shape index (κ1) is 12.9. The number of carbonyl (C=O) groups is 1. The second-order valence-corrected chi connectivity index (χ2v) is 4.22. The molecule has 0 radical (unpaired) electrons. The fourth-order valence-electron chi connectivity index (χ4n) is 1.74. The standard InChI is InChI=1S/C13H17N5O/c1-15-13(19)9-3-4-11(14)12(7-9)16-8-10-5-6-18(2)17-10/h3-7,16H,8,14H2,1-2H3,(H,15,19). The zero-order chi connectivity index (χ0) is 13.8. The van der Waals surface area contributed by atoms with E-state index in [0.29, 0.717) is 17.8 Å². The number of anilines is 2. The summed E-state index contributed by atoms with van der Waals surface area (Å²) in [4.78, 5) is 11.6. The number of rotatable bonds is 4. The van der Waals surface area contributed by atoms with Crippen LogP contribution in [0.1, 0.15) is 16.1 Å². The number of aromatic nitrogens is 2. The molecule has 1 amide bonds. The number of carbonyl (C=O) groups excluding carboxylic acids is 1. The maximum absolute atomic E-state index is 11.6. The highest BCUT2D eigenvalue weighted by atomic mass is 16.1. The smallest absolute Gasteiger partial charge is 0.251 e. The van der Waals surface area contributed by atoms with E-state index in [0.717, 1.165) is 11.4 Å². The molecule has 0 fully saturated rings. The first-order valence-corrected chi connectivity index (χ1v) is 5.94. The third-order valence-electron chi connectivity index (χ3n) is 2.77. The lowest BCUT2D eigenvalue weighted by Gasteiger charge is -2.10. The van der Waals surface area contributed by atoms with Gasteiger partial charge in [-0.15, -0.1) is 0 Å². The van der Waals surface area contributed by atoms with Crippen LogP contribution in [0, 0.1) is 0 Å². The summed E-state index contributed by atoms with van der Waals surface area (Å²) in [5, 5.41) is 10.0. The van der Waals surface area contributed by atoms with E-state index in [2.05, 4.69) is 15.7 Å². The molecule has 1 aromatic carbocycles. The first-order valence-electron chi connectivity index (χ1n) is 5.94. The molecule has 0 saturated carbocycles. The van der Waals surface area contributed by atoms with Crippen LogP contribution in [-0.4, -0.2) is 22.7 Å². The Hall–Kier alpha value is -2.50. The number of amides is 1. The number of aryl methyl sites for hydroxylation is 1. The summed E-state index contributed by atoms with van der Waals surface area (Å²) in [5.41, 5.74) is 8.69. The molecule has 1 aromatic heterocycles. The summed E-state index contributed by atoms with van der Waals surface area (Å²) in [6.45, 7) is 0.558. The molecular formula is C13H17N5O. The molecule has 1 heterocycles. The largest absolute Gasteiger partial charge is 0.397 e. The van der Waals surface area contributed by atoms with Gasteiger partial charge in [-0.1, -0.05) is 0 Å². The fraction of sp³-hybridized carbons (Fsp3) is 0.231. The van der Waals surface area contributed by atoms with Crippen LogP contribution in [0.15, 0.2) is 30.5 Å². The van der Waals surface area contributed by atoms with Gasteiger partial charge < -0.3 is 16.4 Å². The molecule has 6 nitrogen and oxygen atoms in total. The van der Waals surface area contributed by atoms with Crippen molar-refractivity contribution in [2.24, 2.45) is 7.05 Å². The molecule has 0 spiro atoms. The predicted molar refractivity (Wildman–Crippen MR) is 74.8 cm³/mol. The van der Waals surface area contributed by atoms with Crippen molar-refractivity contribution in [2.75, 3.05) is 18.1 Å². The molecule has 0 bridgehead atoms. The minimum absolute atomic E-state index is 0.138. The lowest BCUT2D eigenvalue weighted by Crippen LogP contribution is -2.18. The number of hydrogen-bond acceptors (Lipinski definition) is 4. The van der Waals surface area contributed by atoms with Gasteiger partial charge in [0, 0.05) is 25.9 Å². The summed E-state index contributed by atoms with van der Waals surface area (Å²) in [5.74, 6) is -0.138. The van der Waals surface area contributed by atoms with E-state index in [4.69, 9.17) is 5.73 Å². The number of nitrogens with one attached hydrogen (secondary N) is 2. The van der Waals surface area contributed by atoms with Gasteiger partial charge >= 0.3 is 0 Å². The molecule has 2 aromatic rings. The quantitative estimate of drug-likeness (QED) is 0.714. The Morgan fingerprint density at radius 1 is 1.42 bits per heavy atom. The number of nitrogen functional groups attached to an aromatic ring is 1. The zero-order valence-electron chi connectivity index (χ0n) is 11.0. The van der Waals surface area contributed by atoms with Crippen molar-refractivity contribution in [3.05, 3.63) is 41.7 Å². The predicted octanol–water partition coefficient (Wildman–Crippen LogP) is 0.974. The Kier molecular flexibility index (Phi) is 3.70. The van der Waals surface area contributed by atoms with Crippen LogP contribution in [0.2, 0.25) is 0 Å². The summed E-state index contributed by atoms with van der Waals surface area (Å²) in [6.07, 6.45) is 1.88. The molecule has 6 heteroatoms. The van der Waals surface area contributed by atoms with Gasteiger partial charge in [0.25, 0.3) is 5.91 Å². The second-order valence-electron chi connectivity index (χ2n) is 4.22. The molecule has 100 valence electrons. The molecule has 0 aliphatic rings. The molecule has 19 heavy (non-hydrogen) atoms. The zero-order valence-corrected chi connectivity index (χ0v) is 11.0. The van der Waals surface area contributed by atoms with E-state index in [1.54, 1.807) is 29.9 Å². The van der Waals surface area contributed by atoms with Gasteiger partial charge in [-0.05, 0) is 24.3 Å². The summed E-state index contributed by atoms with van der Waals surface area (Å²) >= 11 is 0. The molecule has 0 aliphatic heterocycles. The van der Waals surface area contributed by atoms with Gasteiger partial charge in [-0.25, -0.2) is 0 Å². The maximum Gasteiger partial charge on any atom is 0.251 e. The summed E-state index contributed by atoms with van der Waals surface area (Å²) in [6, 6.07) is 7.06. The van der Waals surface area contributed by atoms with Crippen molar-refractivity contribution in [3.63, 3.8) is 0 Å². The average Bonchev–Trinajstić information content (AvgIpc) is 2.82. The van der Waals surface area contributed by atoms with E-state index < -0.39 is 0 Å². The second kappa shape index (κ2) is 5.43. The Morgan fingerprint density at radius 2 is 2.21 bits per heavy atom. The van der Waals surface area contributed by atoms with Gasteiger partial charge in [0.05, 0.1) is 23.6 Å². The Labute approximate surface area is 111 Å². The van der Waals surface area contributed by atoms with Crippen LogP contribution < -0.4 is 16.4 Å². The van der Waals surface area contributed by atoms with Gasteiger partial charge in [0.15, 0.2) is 0 Å². The van der Waals surface area contributed by atoms with Gasteiger partial charge in [0.2, 0.25) is 0 Å². The number of benzene rings is 1. The van der Waals surface area contributed by atoms with Gasteiger partial charge in [0.1, 0.15) is 0 Å². The van der Waals surface area contributed by atoms with Crippen molar-refractivity contribution in [1.82, 2.24) is 15.1 Å². The highest BCUT2D eigenvalue weighted by Crippen LogP contribution is 2.20. The maximum atomic E-state index is 11.6. The van der Waals surface area contributed by atoms with Gasteiger partial charge in [-0.3, -0.25) is 9.48 Å². The molecule has 0 unspecified atom stereocenters. The number of hydrogen-bond donors (Lipinski definition) is 3.